The number of hydrogen-bond donors (Lipinski definition) is 1. The van der Waals surface area contributed by atoms with Gasteiger partial charge in [0, 0.05) is 30.3 Å². The zero-order chi connectivity index (χ0) is 15.4. The molecule has 0 saturated heterocycles. The Morgan fingerprint density at radius 3 is 2.19 bits per heavy atom. The number of nitrogens with zero attached hydrogens (tertiary/aromatic N) is 1. The van der Waals surface area contributed by atoms with Gasteiger partial charge in [0.1, 0.15) is 0 Å². The second-order valence-electron chi connectivity index (χ2n) is 5.67. The lowest BCUT2D eigenvalue weighted by atomic mass is 10.0. The molecule has 1 aromatic carbocycles. The molecular formula is C17H24N2O2. The molecule has 4 nitrogen and oxygen atoms in total. The molecule has 0 spiro atoms. The van der Waals surface area contributed by atoms with E-state index in [-0.39, 0.29) is 17.7 Å². The molecule has 2 amide bonds. The molecule has 114 valence electrons. The molecule has 0 bridgehead atoms. The van der Waals surface area contributed by atoms with E-state index in [1.807, 2.05) is 43.0 Å². The van der Waals surface area contributed by atoms with Gasteiger partial charge in [-0.05, 0) is 49.9 Å². The smallest absolute Gasteiger partial charge is 0.227 e. The van der Waals surface area contributed by atoms with Crippen LogP contribution in [0, 0.1) is 5.92 Å². The van der Waals surface area contributed by atoms with Crippen molar-refractivity contribution in [2.45, 2.75) is 52.5 Å². The third-order valence-electron chi connectivity index (χ3n) is 4.02. The third-order valence-corrected chi connectivity index (χ3v) is 4.02. The number of hydrogen-bond acceptors (Lipinski definition) is 2. The minimum atomic E-state index is 0.0601. The average Bonchev–Trinajstić information content (AvgIpc) is 3.26. The van der Waals surface area contributed by atoms with Crippen LogP contribution in [0.25, 0.3) is 0 Å². The van der Waals surface area contributed by atoms with Crippen molar-refractivity contribution in [3.8, 4) is 0 Å². The molecule has 0 radical (unpaired) electrons. The molecule has 1 aliphatic carbocycles. The minimum Gasteiger partial charge on any atom is -0.326 e. The van der Waals surface area contributed by atoms with E-state index in [0.717, 1.165) is 37.1 Å². The number of amides is 2. The highest BCUT2D eigenvalue weighted by Gasteiger charge is 2.31. The Kier molecular flexibility index (Phi) is 4.99. The van der Waals surface area contributed by atoms with Gasteiger partial charge >= 0.3 is 0 Å². The van der Waals surface area contributed by atoms with Crippen molar-refractivity contribution in [2.24, 2.45) is 5.92 Å². The summed E-state index contributed by atoms with van der Waals surface area (Å²) in [6, 6.07) is 7.90. The highest BCUT2D eigenvalue weighted by Crippen LogP contribution is 2.32. The van der Waals surface area contributed by atoms with Crippen molar-refractivity contribution in [1.82, 2.24) is 0 Å². The Morgan fingerprint density at radius 1 is 1.19 bits per heavy atom. The van der Waals surface area contributed by atoms with Crippen molar-refractivity contribution < 1.29 is 9.59 Å². The zero-order valence-corrected chi connectivity index (χ0v) is 13.1. The summed E-state index contributed by atoms with van der Waals surface area (Å²) < 4.78 is 0. The van der Waals surface area contributed by atoms with E-state index < -0.39 is 0 Å². The summed E-state index contributed by atoms with van der Waals surface area (Å²) in [5, 5.41) is 2.94. The van der Waals surface area contributed by atoms with Crippen LogP contribution >= 0.6 is 0 Å². The predicted molar refractivity (Wildman–Crippen MR) is 85.3 cm³/mol. The van der Waals surface area contributed by atoms with E-state index in [4.69, 9.17) is 0 Å². The van der Waals surface area contributed by atoms with Gasteiger partial charge in [-0.2, -0.15) is 0 Å². The van der Waals surface area contributed by atoms with E-state index in [1.54, 1.807) is 6.92 Å². The summed E-state index contributed by atoms with van der Waals surface area (Å²) in [6.07, 6.45) is 3.85. The number of benzene rings is 1. The molecule has 0 aromatic heterocycles. The predicted octanol–water partition coefficient (Wildman–Crippen LogP) is 3.58. The van der Waals surface area contributed by atoms with Gasteiger partial charge in [-0.1, -0.05) is 13.8 Å². The molecule has 4 heteroatoms. The first-order chi connectivity index (χ1) is 10.1. The SMILES string of the molecule is CCC(CC)C(=O)Nc1ccc(N(C(C)=O)C2CC2)cc1. The maximum Gasteiger partial charge on any atom is 0.227 e. The second-order valence-corrected chi connectivity index (χ2v) is 5.67. The number of anilines is 2. The number of carbonyl (C=O) groups excluding carboxylic acids is 2. The highest BCUT2D eigenvalue weighted by molar-refractivity contribution is 5.94. The van der Waals surface area contributed by atoms with Crippen LogP contribution in [-0.2, 0) is 9.59 Å². The molecule has 2 rings (SSSR count). The lowest BCUT2D eigenvalue weighted by Crippen LogP contribution is -2.30. The van der Waals surface area contributed by atoms with E-state index in [1.165, 1.54) is 0 Å². The molecule has 1 fully saturated rings. The molecule has 0 unspecified atom stereocenters. The van der Waals surface area contributed by atoms with Crippen LogP contribution < -0.4 is 10.2 Å². The molecule has 0 aliphatic heterocycles. The van der Waals surface area contributed by atoms with Crippen molar-refractivity contribution in [3.63, 3.8) is 0 Å². The summed E-state index contributed by atoms with van der Waals surface area (Å²) in [5.41, 5.74) is 1.69. The van der Waals surface area contributed by atoms with E-state index in [9.17, 15) is 9.59 Å². The number of carbonyl (C=O) groups is 2. The minimum absolute atomic E-state index is 0.0601. The van der Waals surface area contributed by atoms with Crippen LogP contribution in [0.5, 0.6) is 0 Å². The van der Waals surface area contributed by atoms with Gasteiger partial charge in [-0.3, -0.25) is 9.59 Å². The average molecular weight is 288 g/mol. The zero-order valence-electron chi connectivity index (χ0n) is 13.1. The summed E-state index contributed by atoms with van der Waals surface area (Å²) in [6.45, 7) is 5.65. The third kappa shape index (κ3) is 3.84. The topological polar surface area (TPSA) is 49.4 Å². The fraction of sp³-hybridized carbons (Fsp3) is 0.529. The lowest BCUT2D eigenvalue weighted by Gasteiger charge is -2.21. The van der Waals surface area contributed by atoms with Gasteiger partial charge in [0.25, 0.3) is 0 Å². The fourth-order valence-corrected chi connectivity index (χ4v) is 2.59. The number of rotatable bonds is 6. The quantitative estimate of drug-likeness (QED) is 0.870. The van der Waals surface area contributed by atoms with Gasteiger partial charge < -0.3 is 10.2 Å². The molecule has 1 N–H and O–H groups in total. The molecule has 21 heavy (non-hydrogen) atoms. The Hall–Kier alpha value is -1.84. The van der Waals surface area contributed by atoms with Crippen LogP contribution in [0.3, 0.4) is 0 Å². The van der Waals surface area contributed by atoms with Gasteiger partial charge in [0.2, 0.25) is 11.8 Å². The first kappa shape index (κ1) is 15.5. The summed E-state index contributed by atoms with van der Waals surface area (Å²) in [4.78, 5) is 25.6. The largest absolute Gasteiger partial charge is 0.326 e. The van der Waals surface area contributed by atoms with E-state index in [0.29, 0.717) is 6.04 Å². The van der Waals surface area contributed by atoms with Crippen molar-refractivity contribution >= 4 is 23.2 Å². The maximum absolute atomic E-state index is 12.0. The summed E-state index contributed by atoms with van der Waals surface area (Å²) in [7, 11) is 0. The van der Waals surface area contributed by atoms with Gasteiger partial charge in [0.15, 0.2) is 0 Å². The van der Waals surface area contributed by atoms with Gasteiger partial charge in [0.05, 0.1) is 0 Å². The monoisotopic (exact) mass is 288 g/mol. The Bertz CT molecular complexity index is 502. The number of nitrogens with one attached hydrogen (secondary N) is 1. The normalized spacial score (nSPS) is 14.1. The van der Waals surface area contributed by atoms with E-state index >= 15 is 0 Å². The van der Waals surface area contributed by atoms with Crippen molar-refractivity contribution in [1.29, 1.82) is 0 Å². The van der Waals surface area contributed by atoms with Crippen LogP contribution in [0.15, 0.2) is 24.3 Å². The molecular weight excluding hydrogens is 264 g/mol. The fourth-order valence-electron chi connectivity index (χ4n) is 2.59. The summed E-state index contributed by atoms with van der Waals surface area (Å²) >= 11 is 0. The Labute approximate surface area is 126 Å². The van der Waals surface area contributed by atoms with Crippen LogP contribution in [0.1, 0.15) is 46.5 Å². The van der Waals surface area contributed by atoms with Crippen LogP contribution in [0.4, 0.5) is 11.4 Å². The standard InChI is InChI=1S/C17H24N2O2/c1-4-13(5-2)17(21)18-14-6-8-15(9-7-14)19(12(3)20)16-10-11-16/h6-9,13,16H,4-5,10-11H2,1-3H3,(H,18,21). The van der Waals surface area contributed by atoms with E-state index in [2.05, 4.69) is 5.32 Å². The molecule has 1 aromatic rings. The first-order valence-corrected chi connectivity index (χ1v) is 7.77. The molecule has 0 heterocycles. The van der Waals surface area contributed by atoms with Crippen LogP contribution in [-0.4, -0.2) is 17.9 Å². The Morgan fingerprint density at radius 2 is 1.76 bits per heavy atom. The summed E-state index contributed by atoms with van der Waals surface area (Å²) in [5.74, 6) is 0.203. The highest BCUT2D eigenvalue weighted by atomic mass is 16.2. The lowest BCUT2D eigenvalue weighted by molar-refractivity contribution is -0.120. The second kappa shape index (κ2) is 6.74. The molecule has 1 saturated carbocycles. The van der Waals surface area contributed by atoms with Gasteiger partial charge in [-0.15, -0.1) is 0 Å². The Balaban J connectivity index is 2.04. The van der Waals surface area contributed by atoms with Crippen LogP contribution in [0.2, 0.25) is 0 Å². The molecule has 1 aliphatic rings. The first-order valence-electron chi connectivity index (χ1n) is 7.77. The van der Waals surface area contributed by atoms with Crippen molar-refractivity contribution in [2.75, 3.05) is 10.2 Å². The van der Waals surface area contributed by atoms with Gasteiger partial charge in [-0.25, -0.2) is 0 Å². The molecule has 0 atom stereocenters. The maximum atomic E-state index is 12.0. The van der Waals surface area contributed by atoms with Crippen molar-refractivity contribution in [3.05, 3.63) is 24.3 Å².